The summed E-state index contributed by atoms with van der Waals surface area (Å²) in [6.45, 7) is 7.74. The fourth-order valence-corrected chi connectivity index (χ4v) is 2.70. The molecule has 0 unspecified atom stereocenters. The lowest BCUT2D eigenvalue weighted by atomic mass is 9.93. The van der Waals surface area contributed by atoms with Crippen molar-refractivity contribution in [3.05, 3.63) is 29.3 Å². The highest BCUT2D eigenvalue weighted by Crippen LogP contribution is 2.30. The average molecular weight is 273 g/mol. The van der Waals surface area contributed by atoms with Crippen molar-refractivity contribution >= 4 is 0 Å². The van der Waals surface area contributed by atoms with Crippen LogP contribution in [0.15, 0.2) is 18.2 Å². The van der Waals surface area contributed by atoms with Crippen LogP contribution in [0.2, 0.25) is 0 Å². The molecule has 0 spiro atoms. The fraction of sp³-hybridized carbons (Fsp3) is 0.529. The number of aliphatic hydroxyl groups excluding tert-OH is 1. The van der Waals surface area contributed by atoms with E-state index in [4.69, 9.17) is 9.84 Å². The second kappa shape index (κ2) is 6.30. The second-order valence-corrected chi connectivity index (χ2v) is 6.12. The van der Waals surface area contributed by atoms with Crippen LogP contribution in [0.5, 0.6) is 5.75 Å². The standard InChI is InChI=1S/C17H23NO2/c1-17(2)8-9-18(13-17)12-14-6-7-16(20-3)15(11-14)5-4-10-19/h6-7,11,19H,8-10,12-13H2,1-3H3. The van der Waals surface area contributed by atoms with Gasteiger partial charge in [0.05, 0.1) is 12.7 Å². The number of nitrogens with zero attached hydrogens (tertiary/aromatic N) is 1. The normalized spacial score (nSPS) is 17.6. The van der Waals surface area contributed by atoms with Gasteiger partial charge in [-0.1, -0.05) is 31.8 Å². The van der Waals surface area contributed by atoms with Gasteiger partial charge < -0.3 is 9.84 Å². The van der Waals surface area contributed by atoms with E-state index in [1.807, 2.05) is 6.07 Å². The highest BCUT2D eigenvalue weighted by atomic mass is 16.5. The second-order valence-electron chi connectivity index (χ2n) is 6.12. The number of benzene rings is 1. The van der Waals surface area contributed by atoms with Gasteiger partial charge in [-0.25, -0.2) is 0 Å². The van der Waals surface area contributed by atoms with E-state index in [0.29, 0.717) is 5.41 Å². The quantitative estimate of drug-likeness (QED) is 0.858. The van der Waals surface area contributed by atoms with Crippen LogP contribution < -0.4 is 4.74 Å². The van der Waals surface area contributed by atoms with Crippen LogP contribution in [-0.2, 0) is 6.54 Å². The Morgan fingerprint density at radius 2 is 2.20 bits per heavy atom. The molecule has 3 nitrogen and oxygen atoms in total. The van der Waals surface area contributed by atoms with Crippen molar-refractivity contribution in [1.29, 1.82) is 0 Å². The number of likely N-dealkylation sites (tertiary alicyclic amines) is 1. The lowest BCUT2D eigenvalue weighted by molar-refractivity contribution is 0.284. The number of methoxy groups -OCH3 is 1. The summed E-state index contributed by atoms with van der Waals surface area (Å²) < 4.78 is 5.30. The number of aliphatic hydroxyl groups is 1. The van der Waals surface area contributed by atoms with Crippen LogP contribution in [0, 0.1) is 17.3 Å². The summed E-state index contributed by atoms with van der Waals surface area (Å²) >= 11 is 0. The Morgan fingerprint density at radius 3 is 2.80 bits per heavy atom. The van der Waals surface area contributed by atoms with Gasteiger partial charge in [0, 0.05) is 13.1 Å². The van der Waals surface area contributed by atoms with Crippen LogP contribution in [0.25, 0.3) is 0 Å². The van der Waals surface area contributed by atoms with Crippen molar-refractivity contribution in [1.82, 2.24) is 4.90 Å². The molecule has 1 aliphatic heterocycles. The van der Waals surface area contributed by atoms with Gasteiger partial charge >= 0.3 is 0 Å². The fourth-order valence-electron chi connectivity index (χ4n) is 2.70. The van der Waals surface area contributed by atoms with E-state index in [-0.39, 0.29) is 6.61 Å². The minimum Gasteiger partial charge on any atom is -0.495 e. The van der Waals surface area contributed by atoms with Crippen molar-refractivity contribution in [3.8, 4) is 17.6 Å². The van der Waals surface area contributed by atoms with Crippen LogP contribution in [0.4, 0.5) is 0 Å². The predicted molar refractivity (Wildman–Crippen MR) is 80.6 cm³/mol. The Hall–Kier alpha value is -1.50. The van der Waals surface area contributed by atoms with Gasteiger partial charge in [-0.05, 0) is 36.1 Å². The molecule has 1 aromatic carbocycles. The zero-order chi connectivity index (χ0) is 14.6. The van der Waals surface area contributed by atoms with Gasteiger partial charge in [0.2, 0.25) is 0 Å². The Kier molecular flexibility index (Phi) is 4.69. The summed E-state index contributed by atoms with van der Waals surface area (Å²) in [6.07, 6.45) is 1.25. The first-order valence-corrected chi connectivity index (χ1v) is 7.03. The number of hydrogen-bond donors (Lipinski definition) is 1. The van der Waals surface area contributed by atoms with E-state index in [1.165, 1.54) is 12.0 Å². The van der Waals surface area contributed by atoms with E-state index in [0.717, 1.165) is 30.9 Å². The molecule has 3 heteroatoms. The molecule has 1 aromatic rings. The molecule has 0 aromatic heterocycles. The van der Waals surface area contributed by atoms with E-state index >= 15 is 0 Å². The zero-order valence-corrected chi connectivity index (χ0v) is 12.6. The van der Waals surface area contributed by atoms with Gasteiger partial charge in [0.15, 0.2) is 0 Å². The molecular formula is C17H23NO2. The minimum atomic E-state index is -0.131. The summed E-state index contributed by atoms with van der Waals surface area (Å²) in [7, 11) is 1.64. The Balaban J connectivity index is 2.13. The summed E-state index contributed by atoms with van der Waals surface area (Å²) in [6, 6.07) is 6.11. The van der Waals surface area contributed by atoms with Gasteiger partial charge in [-0.15, -0.1) is 0 Å². The third-order valence-corrected chi connectivity index (χ3v) is 3.73. The third kappa shape index (κ3) is 3.75. The van der Waals surface area contributed by atoms with Crippen molar-refractivity contribution < 1.29 is 9.84 Å². The largest absolute Gasteiger partial charge is 0.495 e. The first kappa shape index (κ1) is 14.9. The van der Waals surface area contributed by atoms with Crippen LogP contribution in [0.3, 0.4) is 0 Å². The minimum absolute atomic E-state index is 0.131. The third-order valence-electron chi connectivity index (χ3n) is 3.73. The Labute approximate surface area is 121 Å². The molecule has 1 fully saturated rings. The van der Waals surface area contributed by atoms with Crippen molar-refractivity contribution in [2.45, 2.75) is 26.8 Å². The number of hydrogen-bond acceptors (Lipinski definition) is 3. The lowest BCUT2D eigenvalue weighted by Crippen LogP contribution is -2.22. The van der Waals surface area contributed by atoms with Gasteiger partial charge in [-0.3, -0.25) is 4.90 Å². The smallest absolute Gasteiger partial charge is 0.134 e. The SMILES string of the molecule is COc1ccc(CN2CCC(C)(C)C2)cc1C#CCO. The van der Waals surface area contributed by atoms with Crippen molar-refractivity contribution in [2.75, 3.05) is 26.8 Å². The highest BCUT2D eigenvalue weighted by Gasteiger charge is 2.28. The Bertz CT molecular complexity index is 526. The molecule has 1 saturated heterocycles. The van der Waals surface area contributed by atoms with Crippen LogP contribution >= 0.6 is 0 Å². The number of rotatable bonds is 3. The first-order valence-electron chi connectivity index (χ1n) is 7.03. The summed E-state index contributed by atoms with van der Waals surface area (Å²) in [5, 5.41) is 8.83. The summed E-state index contributed by atoms with van der Waals surface area (Å²) in [5.41, 5.74) is 2.51. The van der Waals surface area contributed by atoms with E-state index < -0.39 is 0 Å². The van der Waals surface area contributed by atoms with Gasteiger partial charge in [0.1, 0.15) is 12.4 Å². The molecule has 1 N–H and O–H groups in total. The summed E-state index contributed by atoms with van der Waals surface area (Å²) in [5.74, 6) is 6.40. The molecule has 0 aliphatic carbocycles. The summed E-state index contributed by atoms with van der Waals surface area (Å²) in [4.78, 5) is 2.48. The van der Waals surface area contributed by atoms with Crippen molar-refractivity contribution in [3.63, 3.8) is 0 Å². The van der Waals surface area contributed by atoms with E-state index in [2.05, 4.69) is 42.7 Å². The number of ether oxygens (including phenoxy) is 1. The van der Waals surface area contributed by atoms with Gasteiger partial charge in [-0.2, -0.15) is 0 Å². The maximum atomic E-state index is 8.83. The molecule has 1 aliphatic rings. The molecule has 0 bridgehead atoms. The van der Waals surface area contributed by atoms with Crippen molar-refractivity contribution in [2.24, 2.45) is 5.41 Å². The topological polar surface area (TPSA) is 32.7 Å². The van der Waals surface area contributed by atoms with Gasteiger partial charge in [0.25, 0.3) is 0 Å². The van der Waals surface area contributed by atoms with E-state index in [1.54, 1.807) is 7.11 Å². The molecule has 0 amide bonds. The lowest BCUT2D eigenvalue weighted by Gasteiger charge is -2.20. The molecule has 2 rings (SSSR count). The molecule has 20 heavy (non-hydrogen) atoms. The average Bonchev–Trinajstić information content (AvgIpc) is 2.76. The van der Waals surface area contributed by atoms with E-state index in [9.17, 15) is 0 Å². The predicted octanol–water partition coefficient (Wildman–Crippen LogP) is 2.27. The monoisotopic (exact) mass is 273 g/mol. The molecule has 1 heterocycles. The maximum absolute atomic E-state index is 8.83. The van der Waals surface area contributed by atoms with Crippen LogP contribution in [0.1, 0.15) is 31.4 Å². The molecule has 0 saturated carbocycles. The first-order chi connectivity index (χ1) is 9.54. The maximum Gasteiger partial charge on any atom is 0.134 e. The Morgan fingerprint density at radius 1 is 1.40 bits per heavy atom. The zero-order valence-electron chi connectivity index (χ0n) is 12.6. The highest BCUT2D eigenvalue weighted by molar-refractivity contribution is 5.48. The molecule has 108 valence electrons. The van der Waals surface area contributed by atoms with Crippen LogP contribution in [-0.4, -0.2) is 36.8 Å². The molecule has 0 atom stereocenters. The molecule has 0 radical (unpaired) electrons. The molecular weight excluding hydrogens is 250 g/mol.